The Kier molecular flexibility index (Phi) is 8.11. The molecule has 0 spiro atoms. The van der Waals surface area contributed by atoms with Crippen LogP contribution in [-0.4, -0.2) is 48.5 Å². The number of anilines is 1. The van der Waals surface area contributed by atoms with Crippen LogP contribution in [0.25, 0.3) is 0 Å². The second kappa shape index (κ2) is 11.3. The van der Waals surface area contributed by atoms with Crippen LogP contribution in [0.2, 0.25) is 0 Å². The van der Waals surface area contributed by atoms with E-state index in [1.807, 2.05) is 25.1 Å². The van der Waals surface area contributed by atoms with Gasteiger partial charge in [-0.25, -0.2) is 0 Å². The first-order valence-corrected chi connectivity index (χ1v) is 13.1. The van der Waals surface area contributed by atoms with Crippen LogP contribution in [-0.2, 0) is 19.4 Å². The summed E-state index contributed by atoms with van der Waals surface area (Å²) in [4.78, 5) is 33.8. The number of carbonyl (C=O) groups excluding carboxylic acids is 1. The summed E-state index contributed by atoms with van der Waals surface area (Å²) in [5, 5.41) is 3.05. The van der Waals surface area contributed by atoms with Gasteiger partial charge in [0.15, 0.2) is 0 Å². The molecular weight excluding hydrogens is 436 g/mol. The molecule has 0 unspecified atom stereocenters. The predicted octanol–water partition coefficient (Wildman–Crippen LogP) is 4.36. The van der Waals surface area contributed by atoms with Crippen molar-refractivity contribution in [2.75, 3.05) is 25.5 Å². The van der Waals surface area contributed by atoms with Gasteiger partial charge in [0.1, 0.15) is 0 Å². The lowest BCUT2D eigenvalue weighted by Crippen LogP contribution is -2.42. The highest BCUT2D eigenvalue weighted by Gasteiger charge is 2.28. The van der Waals surface area contributed by atoms with E-state index in [-0.39, 0.29) is 18.0 Å². The molecule has 2 aromatic rings. The van der Waals surface area contributed by atoms with Crippen LogP contribution in [0.15, 0.2) is 41.2 Å². The number of aryl methyl sites for hydroxylation is 2. The number of benzene rings is 1. The van der Waals surface area contributed by atoms with E-state index in [0.717, 1.165) is 42.6 Å². The fourth-order valence-electron chi connectivity index (χ4n) is 5.81. The maximum atomic E-state index is 13.4. The van der Waals surface area contributed by atoms with Crippen LogP contribution in [0.3, 0.4) is 0 Å². The maximum absolute atomic E-state index is 13.4. The number of nitrogens with zero attached hydrogens (tertiary/aromatic N) is 2. The Morgan fingerprint density at radius 1 is 1.00 bits per heavy atom. The van der Waals surface area contributed by atoms with Gasteiger partial charge in [0.25, 0.3) is 11.5 Å². The molecule has 1 amide bonds. The fraction of sp³-hybridized carbons (Fsp3) is 0.517. The molecule has 0 saturated heterocycles. The summed E-state index contributed by atoms with van der Waals surface area (Å²) in [7, 11) is 4.36. The largest absolute Gasteiger partial charge is 0.369 e. The summed E-state index contributed by atoms with van der Waals surface area (Å²) >= 11 is 0. The second-order valence-electron chi connectivity index (χ2n) is 10.2. The minimum absolute atomic E-state index is 0.110. The molecule has 1 aromatic heterocycles. The molecule has 0 atom stereocenters. The number of carbonyl (C=O) groups is 1. The van der Waals surface area contributed by atoms with Crippen LogP contribution in [0.4, 0.5) is 5.69 Å². The van der Waals surface area contributed by atoms with E-state index in [2.05, 4.69) is 59.3 Å². The number of allylic oxidation sites excluding steroid dienone is 2. The zero-order valence-electron chi connectivity index (χ0n) is 21.7. The van der Waals surface area contributed by atoms with Gasteiger partial charge >= 0.3 is 0 Å². The van der Waals surface area contributed by atoms with Crippen LogP contribution >= 0.6 is 0 Å². The SMILES string of the molecule is CCN(c1cccc2c1CC=CCCc1cc(C)[nH]c(=O)c1CNC2=O)[C@H]1CC[C@@H](N(C)C)CC1. The Hall–Kier alpha value is -2.86. The first kappa shape index (κ1) is 25.2. The first-order valence-electron chi connectivity index (χ1n) is 13.1. The van der Waals surface area contributed by atoms with Crippen LogP contribution in [0.1, 0.15) is 71.8 Å². The van der Waals surface area contributed by atoms with Gasteiger partial charge in [0.2, 0.25) is 0 Å². The summed E-state index contributed by atoms with van der Waals surface area (Å²) in [5.74, 6) is -0.117. The molecule has 2 aliphatic rings. The van der Waals surface area contributed by atoms with Gasteiger partial charge in [-0.15, -0.1) is 0 Å². The number of fused-ring (bicyclic) bond motifs is 2. The zero-order chi connectivity index (χ0) is 24.9. The van der Waals surface area contributed by atoms with Gasteiger partial charge in [-0.2, -0.15) is 0 Å². The highest BCUT2D eigenvalue weighted by Crippen LogP contribution is 2.33. The molecule has 6 nitrogen and oxygen atoms in total. The summed E-state index contributed by atoms with van der Waals surface area (Å²) in [6, 6.07) is 9.27. The van der Waals surface area contributed by atoms with Crippen molar-refractivity contribution in [3.05, 3.63) is 74.7 Å². The molecular formula is C29H40N4O2. The molecule has 35 heavy (non-hydrogen) atoms. The average molecular weight is 477 g/mol. The van der Waals surface area contributed by atoms with Crippen LogP contribution < -0.4 is 15.8 Å². The lowest BCUT2D eigenvalue weighted by atomic mass is 9.88. The number of nitrogens with one attached hydrogen (secondary N) is 2. The number of aromatic amines is 1. The highest BCUT2D eigenvalue weighted by atomic mass is 16.1. The fourth-order valence-corrected chi connectivity index (χ4v) is 5.81. The minimum Gasteiger partial charge on any atom is -0.369 e. The summed E-state index contributed by atoms with van der Waals surface area (Å²) in [6.45, 7) is 5.27. The quantitative estimate of drug-likeness (QED) is 0.644. The lowest BCUT2D eigenvalue weighted by Gasteiger charge is -2.40. The second-order valence-corrected chi connectivity index (χ2v) is 10.2. The van der Waals surface area contributed by atoms with Gasteiger partial charge in [0.05, 0.1) is 0 Å². The van der Waals surface area contributed by atoms with Crippen molar-refractivity contribution >= 4 is 11.6 Å². The van der Waals surface area contributed by atoms with E-state index in [4.69, 9.17) is 0 Å². The topological polar surface area (TPSA) is 68.4 Å². The molecule has 0 radical (unpaired) electrons. The number of pyridine rings is 1. The van der Waals surface area contributed by atoms with Gasteiger partial charge in [-0.3, -0.25) is 9.59 Å². The Balaban J connectivity index is 1.64. The van der Waals surface area contributed by atoms with Gasteiger partial charge in [-0.1, -0.05) is 18.2 Å². The van der Waals surface area contributed by atoms with Crippen molar-refractivity contribution in [1.29, 1.82) is 0 Å². The Morgan fingerprint density at radius 2 is 1.74 bits per heavy atom. The Morgan fingerprint density at radius 3 is 2.46 bits per heavy atom. The van der Waals surface area contributed by atoms with Crippen molar-refractivity contribution in [3.63, 3.8) is 0 Å². The molecule has 2 heterocycles. The summed E-state index contributed by atoms with van der Waals surface area (Å²) in [5.41, 5.74) is 5.37. The zero-order valence-corrected chi connectivity index (χ0v) is 21.7. The molecule has 1 aliphatic carbocycles. The third-order valence-corrected chi connectivity index (χ3v) is 7.74. The van der Waals surface area contributed by atoms with E-state index >= 15 is 0 Å². The molecule has 1 fully saturated rings. The average Bonchev–Trinajstić information content (AvgIpc) is 2.83. The number of rotatable bonds is 4. The number of amides is 1. The van der Waals surface area contributed by atoms with Crippen molar-refractivity contribution < 1.29 is 4.79 Å². The van der Waals surface area contributed by atoms with E-state index in [1.54, 1.807) is 0 Å². The van der Waals surface area contributed by atoms with E-state index in [9.17, 15) is 9.59 Å². The molecule has 2 N–H and O–H groups in total. The normalized spacial score (nSPS) is 20.9. The number of H-pyrrole nitrogens is 1. The Bertz CT molecular complexity index is 1130. The molecule has 188 valence electrons. The Labute approximate surface area is 209 Å². The monoisotopic (exact) mass is 476 g/mol. The standard InChI is InChI=1S/C29H40N4O2/c1-5-33(23-16-14-22(15-17-23)32(3)4)27-13-9-12-25-24(27)11-8-6-7-10-21-18-20(2)31-29(35)26(21)19-30-28(25)34/h6,8-9,12-13,18,22-23H,5,7,10-11,14-17,19H2,1-4H3,(H,30,34)(H,31,35)/t22-,23+. The predicted molar refractivity (Wildman–Crippen MR) is 143 cm³/mol. The third kappa shape index (κ3) is 5.69. The molecule has 1 saturated carbocycles. The summed E-state index contributed by atoms with van der Waals surface area (Å²) in [6.07, 6.45) is 11.5. The van der Waals surface area contributed by atoms with Crippen molar-refractivity contribution in [3.8, 4) is 0 Å². The molecule has 1 aliphatic heterocycles. The molecule has 4 rings (SSSR count). The first-order chi connectivity index (χ1) is 16.9. The van der Waals surface area contributed by atoms with Crippen LogP contribution in [0, 0.1) is 6.92 Å². The smallest absolute Gasteiger partial charge is 0.253 e. The number of hydrogen-bond donors (Lipinski definition) is 2. The van der Waals surface area contributed by atoms with E-state index in [1.165, 1.54) is 31.4 Å². The molecule has 6 heteroatoms. The van der Waals surface area contributed by atoms with Crippen molar-refractivity contribution in [1.82, 2.24) is 15.2 Å². The lowest BCUT2D eigenvalue weighted by molar-refractivity contribution is 0.0950. The summed E-state index contributed by atoms with van der Waals surface area (Å²) < 4.78 is 0. The molecule has 0 bridgehead atoms. The number of aromatic nitrogens is 1. The van der Waals surface area contributed by atoms with Crippen molar-refractivity contribution in [2.45, 2.75) is 77.4 Å². The van der Waals surface area contributed by atoms with Crippen molar-refractivity contribution in [2.24, 2.45) is 0 Å². The van der Waals surface area contributed by atoms with Gasteiger partial charge < -0.3 is 20.1 Å². The van der Waals surface area contributed by atoms with Gasteiger partial charge in [-0.05, 0) is 102 Å². The van der Waals surface area contributed by atoms with Crippen LogP contribution in [0.5, 0.6) is 0 Å². The van der Waals surface area contributed by atoms with E-state index < -0.39 is 0 Å². The highest BCUT2D eigenvalue weighted by molar-refractivity contribution is 5.97. The van der Waals surface area contributed by atoms with Gasteiger partial charge in [0, 0.05) is 47.7 Å². The third-order valence-electron chi connectivity index (χ3n) is 7.74. The van der Waals surface area contributed by atoms with E-state index in [0.29, 0.717) is 23.2 Å². The maximum Gasteiger partial charge on any atom is 0.253 e. The minimum atomic E-state index is -0.117. The molecule has 1 aromatic carbocycles. The number of hydrogen-bond acceptors (Lipinski definition) is 4.